The molecule has 1 aliphatic heterocycles. The fraction of sp³-hybridized carbons (Fsp3) is 0.475. The molecule has 0 spiro atoms. The molecule has 4 rings (SSSR count). The smallest absolute Gasteiger partial charge is 0.303 e. The minimum absolute atomic E-state index is 0.0867. The van der Waals surface area contributed by atoms with Gasteiger partial charge in [0.1, 0.15) is 44.2 Å². The Bertz CT molecular complexity index is 1740. The maximum absolute atomic E-state index is 12.2. The van der Waals surface area contributed by atoms with Crippen molar-refractivity contribution < 1.29 is 71.3 Å². The molecular weight excluding hydrogens is 720 g/mol. The Morgan fingerprint density at radius 1 is 0.727 bits per heavy atom. The number of carbonyl (C=O) groups is 5. The first-order valence-electron chi connectivity index (χ1n) is 17.5. The second kappa shape index (κ2) is 19.9. The fourth-order valence-corrected chi connectivity index (χ4v) is 6.43. The van der Waals surface area contributed by atoms with Gasteiger partial charge in [0.05, 0.1) is 13.2 Å². The Hall–Kier alpha value is -5.25. The lowest BCUT2D eigenvalue weighted by molar-refractivity contribution is -0.152. The van der Waals surface area contributed by atoms with E-state index in [-0.39, 0.29) is 25.6 Å². The van der Waals surface area contributed by atoms with Crippen LogP contribution in [0.4, 0.5) is 0 Å². The number of hydrogen-bond donors (Lipinski definition) is 0. The van der Waals surface area contributed by atoms with Crippen LogP contribution in [-0.2, 0) is 61.9 Å². The Kier molecular flexibility index (Phi) is 15.4. The van der Waals surface area contributed by atoms with E-state index in [1.54, 1.807) is 60.7 Å². The maximum atomic E-state index is 12.2. The molecule has 0 radical (unpaired) electrons. The summed E-state index contributed by atoms with van der Waals surface area (Å²) in [5.74, 6) is -2.54. The lowest BCUT2D eigenvalue weighted by Gasteiger charge is -2.46. The summed E-state index contributed by atoms with van der Waals surface area (Å²) in [4.78, 5) is 59.7. The molecule has 15 nitrogen and oxygen atoms in total. The van der Waals surface area contributed by atoms with Crippen LogP contribution in [0, 0.1) is 5.92 Å². The number of ether oxygens (including phenoxy) is 10. The minimum atomic E-state index is -1.03. The van der Waals surface area contributed by atoms with Crippen molar-refractivity contribution >= 4 is 35.9 Å². The van der Waals surface area contributed by atoms with E-state index in [9.17, 15) is 24.0 Å². The van der Waals surface area contributed by atoms with Crippen molar-refractivity contribution in [1.29, 1.82) is 0 Å². The van der Waals surface area contributed by atoms with Gasteiger partial charge in [-0.05, 0) is 64.8 Å². The first-order valence-corrected chi connectivity index (χ1v) is 17.5. The molecule has 15 heteroatoms. The van der Waals surface area contributed by atoms with Crippen molar-refractivity contribution in [3.63, 3.8) is 0 Å². The van der Waals surface area contributed by atoms with E-state index < -0.39 is 78.5 Å². The summed E-state index contributed by atoms with van der Waals surface area (Å²) >= 11 is 0. The summed E-state index contributed by atoms with van der Waals surface area (Å²) in [6.07, 6.45) is 6.24. The van der Waals surface area contributed by atoms with Crippen molar-refractivity contribution in [1.82, 2.24) is 0 Å². The lowest BCUT2D eigenvalue weighted by atomic mass is 9.75. The third-order valence-corrected chi connectivity index (χ3v) is 8.76. The van der Waals surface area contributed by atoms with Gasteiger partial charge in [-0.25, -0.2) is 0 Å². The zero-order chi connectivity index (χ0) is 40.2. The van der Waals surface area contributed by atoms with Gasteiger partial charge >= 0.3 is 29.8 Å². The average Bonchev–Trinajstić information content (AvgIpc) is 3.13. The predicted octanol–water partition coefficient (Wildman–Crippen LogP) is 3.78. The third-order valence-electron chi connectivity index (χ3n) is 8.76. The minimum Gasteiger partial charge on any atom is -0.493 e. The van der Waals surface area contributed by atoms with Crippen LogP contribution in [-0.4, -0.2) is 114 Å². The van der Waals surface area contributed by atoms with Gasteiger partial charge in [-0.15, -0.1) is 0 Å². The predicted molar refractivity (Wildman–Crippen MR) is 195 cm³/mol. The summed E-state index contributed by atoms with van der Waals surface area (Å²) in [5, 5.41) is 0. The zero-order valence-electron chi connectivity index (χ0n) is 32.1. The number of fused-ring (bicyclic) bond motifs is 1. The highest BCUT2D eigenvalue weighted by Crippen LogP contribution is 2.44. The van der Waals surface area contributed by atoms with Crippen LogP contribution in [0.1, 0.15) is 40.2 Å². The number of hydrogen-bond acceptors (Lipinski definition) is 15. The first kappa shape index (κ1) is 42.5. The summed E-state index contributed by atoms with van der Waals surface area (Å²) in [7, 11) is 4.43. The average molecular weight is 769 g/mol. The molecule has 1 fully saturated rings. The molecule has 3 aliphatic rings. The highest BCUT2D eigenvalue weighted by molar-refractivity contribution is 5.68. The highest BCUT2D eigenvalue weighted by atomic mass is 16.6. The molecule has 1 heterocycles. The molecule has 1 aromatic rings. The Morgan fingerprint density at radius 2 is 1.36 bits per heavy atom. The molecule has 298 valence electrons. The molecule has 0 N–H and O–H groups in total. The first-order chi connectivity index (χ1) is 26.2. The van der Waals surface area contributed by atoms with Crippen molar-refractivity contribution in [2.75, 3.05) is 41.2 Å². The topological polar surface area (TPSA) is 178 Å². The van der Waals surface area contributed by atoms with Crippen molar-refractivity contribution in [2.45, 2.75) is 77.3 Å². The van der Waals surface area contributed by atoms with E-state index in [2.05, 4.69) is 0 Å². The fourth-order valence-electron chi connectivity index (χ4n) is 6.43. The second-order valence-electron chi connectivity index (χ2n) is 12.8. The molecule has 8 unspecified atom stereocenters. The van der Waals surface area contributed by atoms with Gasteiger partial charge in [-0.2, -0.15) is 0 Å². The summed E-state index contributed by atoms with van der Waals surface area (Å²) < 4.78 is 57.9. The molecule has 55 heavy (non-hydrogen) atoms. The van der Waals surface area contributed by atoms with Crippen LogP contribution < -0.4 is 9.47 Å². The number of benzene rings is 1. The Labute approximate surface area is 319 Å². The van der Waals surface area contributed by atoms with Gasteiger partial charge in [0.15, 0.2) is 23.7 Å². The molecule has 2 aliphatic carbocycles. The molecule has 8 atom stereocenters. The van der Waals surface area contributed by atoms with E-state index in [1.807, 2.05) is 0 Å². The molecule has 0 saturated carbocycles. The van der Waals surface area contributed by atoms with E-state index >= 15 is 0 Å². The van der Waals surface area contributed by atoms with Crippen molar-refractivity contribution in [3.8, 4) is 11.5 Å². The van der Waals surface area contributed by atoms with Crippen molar-refractivity contribution in [2.24, 2.45) is 5.92 Å². The number of esters is 5. The van der Waals surface area contributed by atoms with Gasteiger partial charge in [0, 0.05) is 54.8 Å². The van der Waals surface area contributed by atoms with Crippen LogP contribution in [0.15, 0.2) is 71.4 Å². The third kappa shape index (κ3) is 11.6. The zero-order valence-corrected chi connectivity index (χ0v) is 32.1. The summed E-state index contributed by atoms with van der Waals surface area (Å²) in [5.41, 5.74) is 2.51. The normalized spacial score (nSPS) is 24.9. The van der Waals surface area contributed by atoms with Gasteiger partial charge in [0.2, 0.25) is 0 Å². The largest absolute Gasteiger partial charge is 0.493 e. The Balaban J connectivity index is 1.85. The number of rotatable bonds is 16. The van der Waals surface area contributed by atoms with Crippen molar-refractivity contribution in [3.05, 3.63) is 76.9 Å². The molecule has 0 aromatic heterocycles. The van der Waals surface area contributed by atoms with Gasteiger partial charge in [-0.1, -0.05) is 18.2 Å². The van der Waals surface area contributed by atoms with E-state index in [0.717, 1.165) is 5.56 Å². The van der Waals surface area contributed by atoms with Gasteiger partial charge in [0.25, 0.3) is 0 Å². The highest BCUT2D eigenvalue weighted by Gasteiger charge is 2.48. The summed E-state index contributed by atoms with van der Waals surface area (Å²) in [6.45, 7) is 6.16. The summed E-state index contributed by atoms with van der Waals surface area (Å²) in [6, 6.07) is 5.15. The van der Waals surface area contributed by atoms with Crippen LogP contribution in [0.3, 0.4) is 0 Å². The SMILES string of the molecule is COc1cc(C=CCOC(C)=O)ccc1OC(COC(C)=O)C1OC(C2=CC(OC)C(OC(C)=O)C=C2)C(COC(C)=O)C2=CC(OC)C(OC(C)=O)C=C21. The maximum Gasteiger partial charge on any atom is 0.303 e. The van der Waals surface area contributed by atoms with E-state index in [0.29, 0.717) is 22.5 Å². The number of carbonyl (C=O) groups excluding carboxylic acids is 5. The quantitative estimate of drug-likeness (QED) is 0.175. The van der Waals surface area contributed by atoms with Crippen LogP contribution in [0.2, 0.25) is 0 Å². The van der Waals surface area contributed by atoms with Crippen LogP contribution >= 0.6 is 0 Å². The van der Waals surface area contributed by atoms with E-state index in [4.69, 9.17) is 47.4 Å². The standard InChI is InChI=1S/C40H48O15/c1-22(41)49-15-9-10-27-11-13-33(34(16-27)46-6)54-38(21-51-24(3)43)40-30-19-37(53-26(5)45)36(48-8)18-29(30)31(20-50-23(2)42)39(55-40)28-12-14-32(52-25(4)44)35(17-28)47-7/h9-14,16-19,31-32,35-40H,15,20-21H2,1-8H3. The molecule has 0 amide bonds. The molecular formula is C40H48O15. The van der Waals surface area contributed by atoms with Gasteiger partial charge in [-0.3, -0.25) is 24.0 Å². The molecule has 1 aromatic carbocycles. The number of methoxy groups -OCH3 is 3. The van der Waals surface area contributed by atoms with E-state index in [1.165, 1.54) is 55.9 Å². The second-order valence-corrected chi connectivity index (χ2v) is 12.8. The molecule has 1 saturated heterocycles. The van der Waals surface area contributed by atoms with Gasteiger partial charge < -0.3 is 47.4 Å². The Morgan fingerprint density at radius 3 is 1.98 bits per heavy atom. The van der Waals surface area contributed by atoms with Crippen LogP contribution in [0.25, 0.3) is 6.08 Å². The lowest BCUT2D eigenvalue weighted by Crippen LogP contribution is -2.52. The molecule has 0 bridgehead atoms. The monoisotopic (exact) mass is 768 g/mol. The van der Waals surface area contributed by atoms with Crippen LogP contribution in [0.5, 0.6) is 11.5 Å².